The molecule has 1 heterocycles. The molecule has 1 nitrogen and oxygen atoms in total. The molecule has 0 aromatic heterocycles. The van der Waals surface area contributed by atoms with Crippen molar-refractivity contribution in [3.8, 4) is 56.0 Å². The lowest BCUT2D eigenvalue weighted by Crippen LogP contribution is -2.14. The van der Waals surface area contributed by atoms with Crippen LogP contribution in [0.3, 0.4) is 0 Å². The maximum atomic E-state index is 6.50. The van der Waals surface area contributed by atoms with Crippen LogP contribution in [-0.2, 0) is 0 Å². The lowest BCUT2D eigenvalue weighted by molar-refractivity contribution is 0.487. The lowest BCUT2D eigenvalue weighted by Gasteiger charge is -2.30. The molecule has 0 radical (unpaired) electrons. The number of allylic oxidation sites excluding steroid dienone is 5. The van der Waals surface area contributed by atoms with Crippen LogP contribution in [0.5, 0.6) is 11.5 Å². The second-order valence-electron chi connectivity index (χ2n) is 14.0. The van der Waals surface area contributed by atoms with Crippen molar-refractivity contribution in [2.45, 2.75) is 5.92 Å². The first-order valence-electron chi connectivity index (χ1n) is 17.8. The Kier molecular flexibility index (Phi) is 6.15. The normalized spacial score (nSPS) is 16.5. The maximum absolute atomic E-state index is 6.50. The third-order valence-electron chi connectivity index (χ3n) is 11.1. The van der Waals surface area contributed by atoms with E-state index in [0.29, 0.717) is 11.8 Å². The van der Waals surface area contributed by atoms with Crippen molar-refractivity contribution in [2.24, 2.45) is 5.92 Å². The molecular weight excluding hydrogens is 617 g/mol. The Morgan fingerprint density at radius 3 is 2.12 bits per heavy atom. The van der Waals surface area contributed by atoms with Crippen LogP contribution in [0.15, 0.2) is 176 Å². The zero-order chi connectivity index (χ0) is 33.5. The van der Waals surface area contributed by atoms with Gasteiger partial charge >= 0.3 is 0 Å². The summed E-state index contributed by atoms with van der Waals surface area (Å²) in [5.41, 5.74) is 12.3. The highest BCUT2D eigenvalue weighted by Crippen LogP contribution is 2.50. The van der Waals surface area contributed by atoms with Crippen LogP contribution in [0, 0.1) is 5.92 Å². The molecule has 8 aromatic rings. The van der Waals surface area contributed by atoms with E-state index in [9.17, 15) is 0 Å². The smallest absolute Gasteiger partial charge is 0.135 e. The average molecular weight is 649 g/mol. The molecule has 2 atom stereocenters. The first-order valence-corrected chi connectivity index (χ1v) is 17.8. The van der Waals surface area contributed by atoms with E-state index in [-0.39, 0.29) is 0 Å². The highest BCUT2D eigenvalue weighted by atomic mass is 16.5. The molecule has 0 saturated carbocycles. The molecule has 2 unspecified atom stereocenters. The molecule has 2 aliphatic carbocycles. The third kappa shape index (κ3) is 4.41. The molecule has 11 rings (SSSR count). The zero-order valence-electron chi connectivity index (χ0n) is 27.9. The van der Waals surface area contributed by atoms with Gasteiger partial charge in [-0.15, -0.1) is 0 Å². The molecule has 1 heteroatoms. The summed E-state index contributed by atoms with van der Waals surface area (Å²) in [6.07, 6.45) is 13.9. The SMILES string of the molecule is C1=CC2C=Cc3c(cc4ccc5ccccc5c4c3-c3cc(-c4ccccc4)cc(-c4ccc5c(c4)-c4cccc6cccc(c46)O5)c3)C2C=C1. The Morgan fingerprint density at radius 1 is 0.431 bits per heavy atom. The Bertz CT molecular complexity index is 2830. The number of benzene rings is 8. The summed E-state index contributed by atoms with van der Waals surface area (Å²) >= 11 is 0. The molecular formula is C50H32O. The Morgan fingerprint density at radius 2 is 1.20 bits per heavy atom. The molecule has 0 spiro atoms. The molecule has 0 bridgehead atoms. The maximum Gasteiger partial charge on any atom is 0.135 e. The van der Waals surface area contributed by atoms with Gasteiger partial charge in [0.25, 0.3) is 0 Å². The summed E-state index contributed by atoms with van der Waals surface area (Å²) in [6.45, 7) is 0. The summed E-state index contributed by atoms with van der Waals surface area (Å²) < 4.78 is 6.50. The van der Waals surface area contributed by atoms with Gasteiger partial charge < -0.3 is 4.74 Å². The minimum absolute atomic E-state index is 0.313. The standard InChI is InChI=1S/C50H32O/c1-2-10-31(11-3-1)37-26-38(35-23-25-46-45(29-35)42-18-8-14-34-15-9-19-47(51-46)48(34)42)28-39(27-37)50-43-24-22-32-12-4-6-16-40(32)44(43)30-36-21-20-33-13-5-7-17-41(33)49(36)50/h1-30,32,40H. The molecule has 1 aliphatic heterocycles. The van der Waals surface area contributed by atoms with Gasteiger partial charge in [0.05, 0.1) is 0 Å². The first kappa shape index (κ1) is 28.4. The fourth-order valence-electron chi connectivity index (χ4n) is 8.77. The van der Waals surface area contributed by atoms with E-state index in [0.717, 1.165) is 17.1 Å². The second kappa shape index (κ2) is 11.0. The average Bonchev–Trinajstić information content (AvgIpc) is 3.20. The number of rotatable bonds is 3. The van der Waals surface area contributed by atoms with Crippen molar-refractivity contribution < 1.29 is 4.74 Å². The topological polar surface area (TPSA) is 9.23 Å². The highest BCUT2D eigenvalue weighted by Gasteiger charge is 2.28. The number of hydrogen-bond donors (Lipinski definition) is 0. The van der Waals surface area contributed by atoms with Crippen LogP contribution < -0.4 is 4.74 Å². The largest absolute Gasteiger partial charge is 0.456 e. The van der Waals surface area contributed by atoms with Gasteiger partial charge in [-0.2, -0.15) is 0 Å². The third-order valence-corrected chi connectivity index (χ3v) is 11.1. The van der Waals surface area contributed by atoms with E-state index in [1.807, 2.05) is 0 Å². The van der Waals surface area contributed by atoms with E-state index in [1.165, 1.54) is 82.4 Å². The van der Waals surface area contributed by atoms with Gasteiger partial charge in [-0.3, -0.25) is 0 Å². The summed E-state index contributed by atoms with van der Waals surface area (Å²) in [4.78, 5) is 0. The molecule has 0 amide bonds. The van der Waals surface area contributed by atoms with Gasteiger partial charge in [0.2, 0.25) is 0 Å². The quantitative estimate of drug-likeness (QED) is 0.173. The number of fused-ring (bicyclic) bond motifs is 8. The summed E-state index contributed by atoms with van der Waals surface area (Å²) in [5, 5.41) is 7.50. The van der Waals surface area contributed by atoms with Gasteiger partial charge in [-0.25, -0.2) is 0 Å². The fraction of sp³-hybridized carbons (Fsp3) is 0.0400. The van der Waals surface area contributed by atoms with E-state index < -0.39 is 0 Å². The second-order valence-corrected chi connectivity index (χ2v) is 14.0. The van der Waals surface area contributed by atoms with E-state index in [2.05, 4.69) is 182 Å². The molecule has 8 aromatic carbocycles. The van der Waals surface area contributed by atoms with Crippen LogP contribution in [0.4, 0.5) is 0 Å². The predicted octanol–water partition coefficient (Wildman–Crippen LogP) is 13.8. The van der Waals surface area contributed by atoms with Crippen LogP contribution >= 0.6 is 0 Å². The summed E-state index contributed by atoms with van der Waals surface area (Å²) in [7, 11) is 0. The van der Waals surface area contributed by atoms with Gasteiger partial charge in [-0.05, 0) is 119 Å². The van der Waals surface area contributed by atoms with Crippen LogP contribution in [0.2, 0.25) is 0 Å². The van der Waals surface area contributed by atoms with Crippen LogP contribution in [0.25, 0.3) is 82.9 Å². The monoisotopic (exact) mass is 648 g/mol. The molecule has 51 heavy (non-hydrogen) atoms. The molecule has 0 N–H and O–H groups in total. The lowest BCUT2D eigenvalue weighted by atomic mass is 9.73. The van der Waals surface area contributed by atoms with Gasteiger partial charge in [0, 0.05) is 22.8 Å². The first-order chi connectivity index (χ1) is 25.3. The van der Waals surface area contributed by atoms with E-state index in [4.69, 9.17) is 4.74 Å². The number of hydrogen-bond acceptors (Lipinski definition) is 1. The Balaban J connectivity index is 1.20. The van der Waals surface area contributed by atoms with E-state index in [1.54, 1.807) is 0 Å². The van der Waals surface area contributed by atoms with Gasteiger partial charge in [-0.1, -0.05) is 140 Å². The fourth-order valence-corrected chi connectivity index (χ4v) is 8.77. The summed E-state index contributed by atoms with van der Waals surface area (Å²) in [5.74, 6) is 2.50. The van der Waals surface area contributed by atoms with Crippen molar-refractivity contribution in [3.05, 3.63) is 187 Å². The van der Waals surface area contributed by atoms with Crippen LogP contribution in [0.1, 0.15) is 17.0 Å². The summed E-state index contributed by atoms with van der Waals surface area (Å²) in [6, 6.07) is 53.4. The zero-order valence-corrected chi connectivity index (χ0v) is 27.9. The van der Waals surface area contributed by atoms with Crippen molar-refractivity contribution in [3.63, 3.8) is 0 Å². The molecule has 238 valence electrons. The minimum Gasteiger partial charge on any atom is -0.456 e. The number of ether oxygens (including phenoxy) is 1. The van der Waals surface area contributed by atoms with Crippen molar-refractivity contribution in [1.82, 2.24) is 0 Å². The Hall–Kier alpha value is -6.44. The van der Waals surface area contributed by atoms with Crippen LogP contribution in [-0.4, -0.2) is 0 Å². The molecule has 3 aliphatic rings. The predicted molar refractivity (Wildman–Crippen MR) is 214 cm³/mol. The molecule has 0 fully saturated rings. The van der Waals surface area contributed by atoms with E-state index >= 15 is 0 Å². The van der Waals surface area contributed by atoms with Crippen molar-refractivity contribution >= 4 is 38.4 Å². The molecule has 0 saturated heterocycles. The van der Waals surface area contributed by atoms with Crippen molar-refractivity contribution in [2.75, 3.05) is 0 Å². The van der Waals surface area contributed by atoms with Gasteiger partial charge in [0.1, 0.15) is 11.5 Å². The van der Waals surface area contributed by atoms with Gasteiger partial charge in [0.15, 0.2) is 0 Å². The minimum atomic E-state index is 0.313. The Labute approximate surface area is 297 Å². The van der Waals surface area contributed by atoms with Crippen molar-refractivity contribution in [1.29, 1.82) is 0 Å². The highest BCUT2D eigenvalue weighted by molar-refractivity contribution is 6.17.